The van der Waals surface area contributed by atoms with Crippen molar-refractivity contribution in [2.24, 2.45) is 0 Å². The molecule has 0 N–H and O–H groups in total. The second kappa shape index (κ2) is 5.59. The van der Waals surface area contributed by atoms with E-state index in [-0.39, 0.29) is 12.0 Å². The van der Waals surface area contributed by atoms with E-state index >= 15 is 0 Å². The van der Waals surface area contributed by atoms with Gasteiger partial charge in [-0.15, -0.1) is 0 Å². The van der Waals surface area contributed by atoms with Gasteiger partial charge in [0.05, 0.1) is 18.8 Å². The van der Waals surface area contributed by atoms with Crippen LogP contribution in [0, 0.1) is 0 Å². The maximum absolute atomic E-state index is 12.4. The summed E-state index contributed by atoms with van der Waals surface area (Å²) in [6, 6.07) is 5.06. The number of methoxy groups -OCH3 is 2. The van der Waals surface area contributed by atoms with Gasteiger partial charge in [-0.1, -0.05) is 11.6 Å². The van der Waals surface area contributed by atoms with E-state index in [0.717, 1.165) is 6.42 Å². The Morgan fingerprint density at radius 3 is 2.83 bits per heavy atom. The highest BCUT2D eigenvalue weighted by Gasteiger charge is 2.28. The van der Waals surface area contributed by atoms with Gasteiger partial charge in [-0.2, -0.15) is 0 Å². The molecule has 0 bridgehead atoms. The van der Waals surface area contributed by atoms with Crippen molar-refractivity contribution in [3.8, 4) is 5.75 Å². The van der Waals surface area contributed by atoms with Crippen LogP contribution < -0.4 is 4.74 Å². The van der Waals surface area contributed by atoms with Gasteiger partial charge < -0.3 is 14.4 Å². The zero-order chi connectivity index (χ0) is 13.1. The first kappa shape index (κ1) is 13.2. The lowest BCUT2D eigenvalue weighted by atomic mass is 10.1. The number of carbonyl (C=O) groups excluding carboxylic acids is 1. The number of likely N-dealkylation sites (tertiary alicyclic amines) is 1. The molecule has 4 nitrogen and oxygen atoms in total. The maximum atomic E-state index is 12.4. The summed E-state index contributed by atoms with van der Waals surface area (Å²) in [4.78, 5) is 14.1. The van der Waals surface area contributed by atoms with Gasteiger partial charge >= 0.3 is 0 Å². The molecule has 1 aromatic carbocycles. The number of nitrogens with zero attached hydrogens (tertiary/aromatic N) is 1. The summed E-state index contributed by atoms with van der Waals surface area (Å²) in [5.74, 6) is 0.485. The van der Waals surface area contributed by atoms with E-state index in [0.29, 0.717) is 29.4 Å². The van der Waals surface area contributed by atoms with E-state index in [4.69, 9.17) is 21.1 Å². The van der Waals surface area contributed by atoms with Crippen LogP contribution in [0.1, 0.15) is 16.8 Å². The molecule has 98 valence electrons. The highest BCUT2D eigenvalue weighted by Crippen LogP contribution is 2.25. The molecule has 1 saturated heterocycles. The Hall–Kier alpha value is -1.26. The van der Waals surface area contributed by atoms with Crippen molar-refractivity contribution in [1.82, 2.24) is 4.90 Å². The average Bonchev–Trinajstić information content (AvgIpc) is 2.86. The van der Waals surface area contributed by atoms with Crippen molar-refractivity contribution in [2.75, 3.05) is 27.3 Å². The highest BCUT2D eigenvalue weighted by molar-refractivity contribution is 6.31. The first-order valence-electron chi connectivity index (χ1n) is 5.81. The van der Waals surface area contributed by atoms with Crippen LogP contribution in [0.3, 0.4) is 0 Å². The highest BCUT2D eigenvalue weighted by atomic mass is 35.5. The Morgan fingerprint density at radius 2 is 2.22 bits per heavy atom. The zero-order valence-corrected chi connectivity index (χ0v) is 11.2. The van der Waals surface area contributed by atoms with Crippen molar-refractivity contribution in [3.05, 3.63) is 28.8 Å². The van der Waals surface area contributed by atoms with Crippen LogP contribution >= 0.6 is 11.6 Å². The van der Waals surface area contributed by atoms with Crippen molar-refractivity contribution in [1.29, 1.82) is 0 Å². The number of rotatable bonds is 3. The van der Waals surface area contributed by atoms with Crippen LogP contribution in [0.4, 0.5) is 0 Å². The van der Waals surface area contributed by atoms with Gasteiger partial charge in [0.2, 0.25) is 0 Å². The number of hydrogen-bond acceptors (Lipinski definition) is 3. The average molecular weight is 270 g/mol. The molecule has 1 heterocycles. The summed E-state index contributed by atoms with van der Waals surface area (Å²) in [6.45, 7) is 1.32. The predicted molar refractivity (Wildman–Crippen MR) is 69.3 cm³/mol. The summed E-state index contributed by atoms with van der Waals surface area (Å²) in [6.07, 6.45) is 0.990. The van der Waals surface area contributed by atoms with Crippen LogP contribution in [0.15, 0.2) is 18.2 Å². The Labute approximate surface area is 111 Å². The summed E-state index contributed by atoms with van der Waals surface area (Å²) >= 11 is 5.93. The fourth-order valence-corrected chi connectivity index (χ4v) is 2.29. The number of amides is 1. The van der Waals surface area contributed by atoms with E-state index in [1.54, 1.807) is 37.3 Å². The summed E-state index contributed by atoms with van der Waals surface area (Å²) in [7, 11) is 3.21. The van der Waals surface area contributed by atoms with Gasteiger partial charge in [-0.25, -0.2) is 0 Å². The van der Waals surface area contributed by atoms with Gasteiger partial charge in [0.1, 0.15) is 5.75 Å². The monoisotopic (exact) mass is 269 g/mol. The second-order valence-corrected chi connectivity index (χ2v) is 4.68. The van der Waals surface area contributed by atoms with Gasteiger partial charge in [0, 0.05) is 25.2 Å². The zero-order valence-electron chi connectivity index (χ0n) is 10.5. The lowest BCUT2D eigenvalue weighted by molar-refractivity contribution is 0.0721. The number of hydrogen-bond donors (Lipinski definition) is 0. The fourth-order valence-electron chi connectivity index (χ4n) is 2.12. The van der Waals surface area contributed by atoms with Crippen LogP contribution in [-0.4, -0.2) is 44.2 Å². The third kappa shape index (κ3) is 2.60. The molecule has 1 aliphatic rings. The summed E-state index contributed by atoms with van der Waals surface area (Å²) < 4.78 is 10.5. The molecular formula is C13H16ClNO3. The molecule has 5 heteroatoms. The van der Waals surface area contributed by atoms with Crippen LogP contribution in [0.2, 0.25) is 5.02 Å². The molecular weight excluding hydrogens is 254 g/mol. The van der Waals surface area contributed by atoms with Crippen molar-refractivity contribution < 1.29 is 14.3 Å². The topological polar surface area (TPSA) is 38.8 Å². The van der Waals surface area contributed by atoms with Gasteiger partial charge in [-0.3, -0.25) is 4.79 Å². The second-order valence-electron chi connectivity index (χ2n) is 4.24. The van der Waals surface area contributed by atoms with Crippen LogP contribution in [0.25, 0.3) is 0 Å². The van der Waals surface area contributed by atoms with Crippen LogP contribution in [-0.2, 0) is 4.74 Å². The standard InChI is InChI=1S/C13H16ClNO3/c1-17-10-5-6-15(8-10)13(16)11-7-9(14)3-4-12(11)18-2/h3-4,7,10H,5-6,8H2,1-2H3. The summed E-state index contributed by atoms with van der Waals surface area (Å²) in [5.41, 5.74) is 0.502. The van der Waals surface area contributed by atoms with E-state index in [1.807, 2.05) is 0 Å². The molecule has 0 aromatic heterocycles. The SMILES string of the molecule is COc1ccc(Cl)cc1C(=O)N1CCC(OC)C1. The first-order chi connectivity index (χ1) is 8.65. The Balaban J connectivity index is 2.21. The maximum Gasteiger partial charge on any atom is 0.257 e. The molecule has 1 aliphatic heterocycles. The quantitative estimate of drug-likeness (QED) is 0.845. The largest absolute Gasteiger partial charge is 0.496 e. The molecule has 0 aliphatic carbocycles. The van der Waals surface area contributed by atoms with Crippen LogP contribution in [0.5, 0.6) is 5.75 Å². The van der Waals surface area contributed by atoms with E-state index in [2.05, 4.69) is 0 Å². The fraction of sp³-hybridized carbons (Fsp3) is 0.462. The van der Waals surface area contributed by atoms with E-state index in [1.165, 1.54) is 0 Å². The molecule has 0 spiro atoms. The molecule has 1 aromatic rings. The van der Waals surface area contributed by atoms with Gasteiger partial charge in [-0.05, 0) is 24.6 Å². The van der Waals surface area contributed by atoms with Gasteiger partial charge in [0.25, 0.3) is 5.91 Å². The molecule has 0 saturated carbocycles. The number of halogens is 1. The molecule has 18 heavy (non-hydrogen) atoms. The van der Waals surface area contributed by atoms with Crippen molar-refractivity contribution in [3.63, 3.8) is 0 Å². The minimum atomic E-state index is -0.0612. The Bertz CT molecular complexity index is 450. The first-order valence-corrected chi connectivity index (χ1v) is 6.19. The lowest BCUT2D eigenvalue weighted by Gasteiger charge is -2.18. The van der Waals surface area contributed by atoms with Crippen molar-refractivity contribution in [2.45, 2.75) is 12.5 Å². The number of benzene rings is 1. The number of ether oxygens (including phenoxy) is 2. The van der Waals surface area contributed by atoms with E-state index < -0.39 is 0 Å². The number of carbonyl (C=O) groups is 1. The Kier molecular flexibility index (Phi) is 4.09. The minimum Gasteiger partial charge on any atom is -0.496 e. The lowest BCUT2D eigenvalue weighted by Crippen LogP contribution is -2.30. The third-order valence-corrected chi connectivity index (χ3v) is 3.39. The van der Waals surface area contributed by atoms with Gasteiger partial charge in [0.15, 0.2) is 0 Å². The Morgan fingerprint density at radius 1 is 1.44 bits per heavy atom. The minimum absolute atomic E-state index is 0.0612. The molecule has 1 amide bonds. The molecule has 1 fully saturated rings. The smallest absolute Gasteiger partial charge is 0.257 e. The molecule has 1 unspecified atom stereocenters. The predicted octanol–water partition coefficient (Wildman–Crippen LogP) is 2.21. The molecule has 2 rings (SSSR count). The molecule has 0 radical (unpaired) electrons. The summed E-state index contributed by atoms with van der Waals surface area (Å²) in [5, 5.41) is 0.529. The normalized spacial score (nSPS) is 19.1. The van der Waals surface area contributed by atoms with E-state index in [9.17, 15) is 4.79 Å². The third-order valence-electron chi connectivity index (χ3n) is 3.16. The molecule has 1 atom stereocenters. The van der Waals surface area contributed by atoms with Crippen molar-refractivity contribution >= 4 is 17.5 Å².